The Morgan fingerprint density at radius 1 is 0.973 bits per heavy atom. The molecule has 0 spiro atoms. The van der Waals surface area contributed by atoms with E-state index < -0.39 is 0 Å². The van der Waals surface area contributed by atoms with Gasteiger partial charge < -0.3 is 4.74 Å². The maximum absolute atomic E-state index is 12.6. The first-order chi connectivity index (χ1) is 18.1. The molecule has 8 heteroatoms. The van der Waals surface area contributed by atoms with Crippen molar-refractivity contribution in [3.63, 3.8) is 0 Å². The van der Waals surface area contributed by atoms with E-state index in [-0.39, 0.29) is 11.7 Å². The van der Waals surface area contributed by atoms with Gasteiger partial charge in [-0.25, -0.2) is 5.43 Å². The molecule has 1 aromatic heterocycles. The summed E-state index contributed by atoms with van der Waals surface area (Å²) in [6, 6.07) is 29.8. The number of nitrogens with one attached hydrogen (secondary N) is 1. The lowest BCUT2D eigenvalue weighted by molar-refractivity contribution is -0.118. The number of hydrogen-bond acceptors (Lipinski definition) is 6. The van der Waals surface area contributed by atoms with Crippen LogP contribution in [0.3, 0.4) is 0 Å². The molecular weight excluding hydrogens is 482 g/mol. The van der Waals surface area contributed by atoms with Crippen LogP contribution >= 0.6 is 11.8 Å². The molecule has 4 aromatic carbocycles. The van der Waals surface area contributed by atoms with Crippen LogP contribution < -0.4 is 10.2 Å². The number of aryl methyl sites for hydroxylation is 1. The van der Waals surface area contributed by atoms with Crippen LogP contribution in [0.2, 0.25) is 0 Å². The number of amides is 1. The van der Waals surface area contributed by atoms with Crippen molar-refractivity contribution in [2.75, 3.05) is 12.9 Å². The Hall–Kier alpha value is -4.43. The summed E-state index contributed by atoms with van der Waals surface area (Å²) in [5.74, 6) is 1.36. The third-order valence-corrected chi connectivity index (χ3v) is 6.75. The average molecular weight is 508 g/mol. The summed E-state index contributed by atoms with van der Waals surface area (Å²) in [6.07, 6.45) is 1.67. The number of nitrogens with zero attached hydrogens (tertiary/aromatic N) is 4. The van der Waals surface area contributed by atoms with E-state index in [1.807, 2.05) is 102 Å². The quantitative estimate of drug-likeness (QED) is 0.167. The summed E-state index contributed by atoms with van der Waals surface area (Å²) in [5, 5.41) is 15.8. The Bertz CT molecular complexity index is 1550. The van der Waals surface area contributed by atoms with Gasteiger partial charge in [0.15, 0.2) is 11.0 Å². The van der Waals surface area contributed by atoms with Gasteiger partial charge in [-0.3, -0.25) is 9.36 Å². The minimum absolute atomic E-state index is 0.138. The van der Waals surface area contributed by atoms with E-state index in [2.05, 4.69) is 20.7 Å². The van der Waals surface area contributed by atoms with E-state index in [0.717, 1.165) is 38.9 Å². The SMILES string of the molecule is COc1ccc(-c2nnc(SCC(=O)N/N=C\c3cccc4ccccc34)n2-c2ccc(C)cc2)cc1. The first kappa shape index (κ1) is 24.3. The lowest BCUT2D eigenvalue weighted by Gasteiger charge is -2.11. The molecular formula is C29H25N5O2S. The summed E-state index contributed by atoms with van der Waals surface area (Å²) >= 11 is 1.30. The largest absolute Gasteiger partial charge is 0.497 e. The first-order valence-corrected chi connectivity index (χ1v) is 12.7. The zero-order valence-corrected chi connectivity index (χ0v) is 21.3. The minimum atomic E-state index is -0.231. The van der Waals surface area contributed by atoms with E-state index >= 15 is 0 Å². The number of rotatable bonds is 8. The molecule has 0 radical (unpaired) electrons. The topological polar surface area (TPSA) is 81.4 Å². The van der Waals surface area contributed by atoms with E-state index in [0.29, 0.717) is 11.0 Å². The summed E-state index contributed by atoms with van der Waals surface area (Å²) in [7, 11) is 1.63. The number of hydrazone groups is 1. The summed E-state index contributed by atoms with van der Waals surface area (Å²) < 4.78 is 7.24. The summed E-state index contributed by atoms with van der Waals surface area (Å²) in [6.45, 7) is 2.04. The van der Waals surface area contributed by atoms with Crippen LogP contribution in [0, 0.1) is 6.92 Å². The summed E-state index contributed by atoms with van der Waals surface area (Å²) in [4.78, 5) is 12.6. The molecule has 1 N–H and O–H groups in total. The number of carbonyl (C=O) groups excluding carboxylic acids is 1. The third kappa shape index (κ3) is 5.54. The van der Waals surface area contributed by atoms with Crippen molar-refractivity contribution in [1.29, 1.82) is 0 Å². The highest BCUT2D eigenvalue weighted by Gasteiger charge is 2.17. The number of aromatic nitrogens is 3. The number of hydrogen-bond donors (Lipinski definition) is 1. The van der Waals surface area contributed by atoms with Gasteiger partial charge in [0.1, 0.15) is 5.75 Å². The molecule has 1 amide bonds. The van der Waals surface area contributed by atoms with Crippen LogP contribution in [0.25, 0.3) is 27.8 Å². The van der Waals surface area contributed by atoms with Crippen molar-refractivity contribution in [2.24, 2.45) is 5.10 Å². The normalized spacial score (nSPS) is 11.2. The van der Waals surface area contributed by atoms with Gasteiger partial charge in [0.05, 0.1) is 19.1 Å². The van der Waals surface area contributed by atoms with Crippen molar-refractivity contribution in [3.05, 3.63) is 102 Å². The van der Waals surface area contributed by atoms with Crippen molar-refractivity contribution in [2.45, 2.75) is 12.1 Å². The molecule has 1 heterocycles. The van der Waals surface area contributed by atoms with Crippen LogP contribution in [-0.2, 0) is 4.79 Å². The van der Waals surface area contributed by atoms with E-state index in [1.165, 1.54) is 11.8 Å². The molecule has 7 nitrogen and oxygen atoms in total. The molecule has 0 saturated carbocycles. The van der Waals surface area contributed by atoms with Gasteiger partial charge in [-0.1, -0.05) is 71.9 Å². The number of carbonyl (C=O) groups is 1. The molecule has 0 bridgehead atoms. The highest BCUT2D eigenvalue weighted by Crippen LogP contribution is 2.29. The third-order valence-electron chi connectivity index (χ3n) is 5.82. The van der Waals surface area contributed by atoms with Gasteiger partial charge in [-0.05, 0) is 54.1 Å². The highest BCUT2D eigenvalue weighted by atomic mass is 32.2. The number of fused-ring (bicyclic) bond motifs is 1. The second kappa shape index (κ2) is 11.1. The van der Waals surface area contributed by atoms with Crippen LogP contribution in [0.4, 0.5) is 0 Å². The monoisotopic (exact) mass is 507 g/mol. The van der Waals surface area contributed by atoms with Crippen LogP contribution in [0.15, 0.2) is 101 Å². The molecule has 0 saturated heterocycles. The number of ether oxygens (including phenoxy) is 1. The van der Waals surface area contributed by atoms with Gasteiger partial charge in [0, 0.05) is 16.8 Å². The van der Waals surface area contributed by atoms with Crippen molar-refractivity contribution >= 4 is 34.7 Å². The lowest BCUT2D eigenvalue weighted by Crippen LogP contribution is -2.20. The predicted octanol–water partition coefficient (Wildman–Crippen LogP) is 5.65. The van der Waals surface area contributed by atoms with E-state index in [1.54, 1.807) is 13.3 Å². The first-order valence-electron chi connectivity index (χ1n) is 11.7. The highest BCUT2D eigenvalue weighted by molar-refractivity contribution is 7.99. The van der Waals surface area contributed by atoms with Crippen molar-refractivity contribution < 1.29 is 9.53 Å². The number of benzene rings is 4. The van der Waals surface area contributed by atoms with Gasteiger partial charge >= 0.3 is 0 Å². The van der Waals surface area contributed by atoms with Gasteiger partial charge in [0.25, 0.3) is 5.91 Å². The van der Waals surface area contributed by atoms with Gasteiger partial charge in [0.2, 0.25) is 0 Å². The second-order valence-electron chi connectivity index (χ2n) is 8.36. The molecule has 0 aliphatic heterocycles. The van der Waals surface area contributed by atoms with Crippen molar-refractivity contribution in [3.8, 4) is 22.8 Å². The van der Waals surface area contributed by atoms with Crippen LogP contribution in [0.1, 0.15) is 11.1 Å². The molecule has 5 rings (SSSR count). The molecule has 184 valence electrons. The molecule has 0 fully saturated rings. The van der Waals surface area contributed by atoms with Gasteiger partial charge in [-0.15, -0.1) is 10.2 Å². The standard InChI is InChI=1S/C29H25N5O2S/c1-20-10-14-24(15-11-20)34-28(22-12-16-25(36-2)17-13-22)32-33-29(34)37-19-27(35)31-30-18-23-8-5-7-21-6-3-4-9-26(21)23/h3-18H,19H2,1-2H3,(H,31,35)/b30-18-. The fourth-order valence-corrected chi connectivity index (χ4v) is 4.66. The van der Waals surface area contributed by atoms with Crippen LogP contribution in [-0.4, -0.2) is 39.7 Å². The maximum atomic E-state index is 12.6. The minimum Gasteiger partial charge on any atom is -0.497 e. The van der Waals surface area contributed by atoms with Crippen LogP contribution in [0.5, 0.6) is 5.75 Å². The van der Waals surface area contributed by atoms with Crippen molar-refractivity contribution in [1.82, 2.24) is 20.2 Å². The Morgan fingerprint density at radius 2 is 1.73 bits per heavy atom. The molecule has 0 aliphatic carbocycles. The van der Waals surface area contributed by atoms with E-state index in [9.17, 15) is 4.79 Å². The zero-order valence-electron chi connectivity index (χ0n) is 20.5. The Labute approximate surface area is 219 Å². The molecule has 5 aromatic rings. The molecule has 0 unspecified atom stereocenters. The fourth-order valence-electron chi connectivity index (χ4n) is 3.92. The second-order valence-corrected chi connectivity index (χ2v) is 9.30. The average Bonchev–Trinajstić information content (AvgIpc) is 3.36. The molecule has 37 heavy (non-hydrogen) atoms. The number of thioether (sulfide) groups is 1. The Balaban J connectivity index is 1.33. The Kier molecular flexibility index (Phi) is 7.28. The molecule has 0 aliphatic rings. The zero-order chi connectivity index (χ0) is 25.6. The fraction of sp³-hybridized carbons (Fsp3) is 0.103. The molecule has 0 atom stereocenters. The smallest absolute Gasteiger partial charge is 0.250 e. The lowest BCUT2D eigenvalue weighted by atomic mass is 10.1. The number of methoxy groups -OCH3 is 1. The maximum Gasteiger partial charge on any atom is 0.250 e. The van der Waals surface area contributed by atoms with Gasteiger partial charge in [-0.2, -0.15) is 5.10 Å². The van der Waals surface area contributed by atoms with E-state index in [4.69, 9.17) is 4.74 Å². The predicted molar refractivity (Wildman–Crippen MR) is 148 cm³/mol. The Morgan fingerprint density at radius 3 is 2.51 bits per heavy atom. The summed E-state index contributed by atoms with van der Waals surface area (Å²) in [5.41, 5.74) is 6.52.